The van der Waals surface area contributed by atoms with Gasteiger partial charge in [-0.15, -0.1) is 0 Å². The summed E-state index contributed by atoms with van der Waals surface area (Å²) >= 11 is 0. The molecule has 5 heteroatoms. The largest absolute Gasteiger partial charge is 0.493 e. The van der Waals surface area contributed by atoms with Crippen LogP contribution in [-0.2, 0) is 6.42 Å². The molecular formula is C16H27N3O2. The minimum Gasteiger partial charge on any atom is -0.493 e. The molecule has 0 aliphatic carbocycles. The summed E-state index contributed by atoms with van der Waals surface area (Å²) in [7, 11) is 3.84. The molecule has 118 valence electrons. The summed E-state index contributed by atoms with van der Waals surface area (Å²) in [4.78, 5) is 4.80. The Morgan fingerprint density at radius 2 is 1.90 bits per heavy atom. The van der Waals surface area contributed by atoms with Crippen LogP contribution < -0.4 is 15.2 Å². The van der Waals surface area contributed by atoms with Gasteiger partial charge in [-0.3, -0.25) is 4.90 Å². The van der Waals surface area contributed by atoms with E-state index in [1.54, 1.807) is 7.11 Å². The second-order valence-electron chi connectivity index (χ2n) is 5.52. The first-order chi connectivity index (χ1) is 10.2. The molecule has 0 amide bonds. The first-order valence-corrected chi connectivity index (χ1v) is 7.63. The molecule has 1 aliphatic rings. The van der Waals surface area contributed by atoms with E-state index in [4.69, 9.17) is 15.2 Å². The lowest BCUT2D eigenvalue weighted by Gasteiger charge is -2.32. The quantitative estimate of drug-likeness (QED) is 0.807. The van der Waals surface area contributed by atoms with E-state index in [0.717, 1.165) is 50.6 Å². The maximum Gasteiger partial charge on any atom is 0.161 e. The van der Waals surface area contributed by atoms with Crippen LogP contribution >= 0.6 is 0 Å². The van der Waals surface area contributed by atoms with Crippen LogP contribution in [0.15, 0.2) is 18.2 Å². The molecule has 1 aromatic carbocycles. The lowest BCUT2D eigenvalue weighted by molar-refractivity contribution is 0.133. The zero-order valence-corrected chi connectivity index (χ0v) is 13.2. The van der Waals surface area contributed by atoms with E-state index in [9.17, 15) is 0 Å². The normalized spacial score (nSPS) is 16.9. The Bertz CT molecular complexity index is 432. The highest BCUT2D eigenvalue weighted by Gasteiger charge is 2.13. The van der Waals surface area contributed by atoms with Crippen molar-refractivity contribution < 1.29 is 9.47 Å². The van der Waals surface area contributed by atoms with Crippen LogP contribution in [0, 0.1) is 0 Å². The minimum absolute atomic E-state index is 0.646. The molecule has 21 heavy (non-hydrogen) atoms. The van der Waals surface area contributed by atoms with Crippen LogP contribution in [0.1, 0.15) is 5.56 Å². The van der Waals surface area contributed by atoms with Crippen molar-refractivity contribution in [1.82, 2.24) is 9.80 Å². The third-order valence-electron chi connectivity index (χ3n) is 3.92. The number of hydrogen-bond acceptors (Lipinski definition) is 5. The highest BCUT2D eigenvalue weighted by Crippen LogP contribution is 2.28. The summed E-state index contributed by atoms with van der Waals surface area (Å²) < 4.78 is 11.3. The monoisotopic (exact) mass is 293 g/mol. The first-order valence-electron chi connectivity index (χ1n) is 7.63. The lowest BCUT2D eigenvalue weighted by atomic mass is 10.1. The molecule has 2 rings (SSSR count). The van der Waals surface area contributed by atoms with E-state index in [2.05, 4.69) is 16.8 Å². The van der Waals surface area contributed by atoms with Crippen molar-refractivity contribution in [2.75, 3.05) is 60.0 Å². The number of piperazine rings is 1. The Labute approximate surface area is 127 Å². The van der Waals surface area contributed by atoms with Gasteiger partial charge in [0.15, 0.2) is 11.5 Å². The summed E-state index contributed by atoms with van der Waals surface area (Å²) in [6.45, 7) is 6.79. The summed E-state index contributed by atoms with van der Waals surface area (Å²) in [5.74, 6) is 1.60. The van der Waals surface area contributed by atoms with E-state index in [-0.39, 0.29) is 0 Å². The van der Waals surface area contributed by atoms with Gasteiger partial charge in [-0.1, -0.05) is 6.07 Å². The summed E-state index contributed by atoms with van der Waals surface area (Å²) in [5.41, 5.74) is 6.80. The number of methoxy groups -OCH3 is 1. The van der Waals surface area contributed by atoms with Crippen molar-refractivity contribution in [2.24, 2.45) is 5.73 Å². The lowest BCUT2D eigenvalue weighted by Crippen LogP contribution is -2.45. The molecule has 5 nitrogen and oxygen atoms in total. The molecule has 1 aliphatic heterocycles. The predicted molar refractivity (Wildman–Crippen MR) is 85.2 cm³/mol. The van der Waals surface area contributed by atoms with Gasteiger partial charge in [-0.25, -0.2) is 0 Å². The number of likely N-dealkylation sites (N-methyl/N-ethyl adjacent to an activating group) is 1. The summed E-state index contributed by atoms with van der Waals surface area (Å²) in [6, 6.07) is 6.03. The zero-order chi connectivity index (χ0) is 15.1. The Morgan fingerprint density at radius 3 is 2.57 bits per heavy atom. The Kier molecular flexibility index (Phi) is 6.29. The Hall–Kier alpha value is -1.30. The topological polar surface area (TPSA) is 51.0 Å². The van der Waals surface area contributed by atoms with Crippen molar-refractivity contribution in [3.8, 4) is 11.5 Å². The van der Waals surface area contributed by atoms with Gasteiger partial charge >= 0.3 is 0 Å². The molecule has 0 spiro atoms. The van der Waals surface area contributed by atoms with Gasteiger partial charge < -0.3 is 20.1 Å². The molecule has 1 aromatic rings. The third-order valence-corrected chi connectivity index (χ3v) is 3.92. The fourth-order valence-corrected chi connectivity index (χ4v) is 2.51. The van der Waals surface area contributed by atoms with Gasteiger partial charge in [-0.05, 0) is 37.7 Å². The van der Waals surface area contributed by atoms with E-state index in [1.165, 1.54) is 5.56 Å². The number of hydrogen-bond donors (Lipinski definition) is 1. The van der Waals surface area contributed by atoms with Crippen LogP contribution in [0.5, 0.6) is 11.5 Å². The zero-order valence-electron chi connectivity index (χ0n) is 13.2. The molecule has 1 fully saturated rings. The Balaban J connectivity index is 1.85. The SMILES string of the molecule is COc1ccc(CCN)cc1OCCN1CCN(C)CC1. The average molecular weight is 293 g/mol. The second-order valence-corrected chi connectivity index (χ2v) is 5.52. The molecule has 0 unspecified atom stereocenters. The maximum atomic E-state index is 5.92. The predicted octanol–water partition coefficient (Wildman–Crippen LogP) is 0.823. The van der Waals surface area contributed by atoms with Gasteiger partial charge in [0.25, 0.3) is 0 Å². The van der Waals surface area contributed by atoms with E-state index in [1.807, 2.05) is 18.2 Å². The van der Waals surface area contributed by atoms with Crippen molar-refractivity contribution in [3.05, 3.63) is 23.8 Å². The summed E-state index contributed by atoms with van der Waals surface area (Å²) in [6.07, 6.45) is 0.860. The van der Waals surface area contributed by atoms with Gasteiger partial charge in [0.05, 0.1) is 7.11 Å². The van der Waals surface area contributed by atoms with E-state index >= 15 is 0 Å². The first kappa shape index (κ1) is 16.1. The third kappa shape index (κ3) is 4.88. The molecule has 2 N–H and O–H groups in total. The highest BCUT2D eigenvalue weighted by atomic mass is 16.5. The van der Waals surface area contributed by atoms with Crippen molar-refractivity contribution in [3.63, 3.8) is 0 Å². The average Bonchev–Trinajstić information content (AvgIpc) is 2.50. The van der Waals surface area contributed by atoms with Gasteiger partial charge in [0.2, 0.25) is 0 Å². The molecular weight excluding hydrogens is 266 g/mol. The molecule has 0 radical (unpaired) electrons. The van der Waals surface area contributed by atoms with Crippen LogP contribution in [-0.4, -0.2) is 69.8 Å². The van der Waals surface area contributed by atoms with Crippen molar-refractivity contribution in [2.45, 2.75) is 6.42 Å². The molecule has 0 bridgehead atoms. The number of benzene rings is 1. The standard InChI is InChI=1S/C16H27N3O2/c1-18-7-9-19(10-8-18)11-12-21-16-13-14(5-6-17)3-4-15(16)20-2/h3-4,13H,5-12,17H2,1-2H3. The van der Waals surface area contributed by atoms with Gasteiger partial charge in [0.1, 0.15) is 6.61 Å². The van der Waals surface area contributed by atoms with Crippen molar-refractivity contribution in [1.29, 1.82) is 0 Å². The minimum atomic E-state index is 0.646. The second kappa shape index (κ2) is 8.22. The highest BCUT2D eigenvalue weighted by molar-refractivity contribution is 5.43. The maximum absolute atomic E-state index is 5.92. The van der Waals surface area contributed by atoms with Crippen LogP contribution in [0.4, 0.5) is 0 Å². The number of nitrogens with two attached hydrogens (primary N) is 1. The van der Waals surface area contributed by atoms with E-state index < -0.39 is 0 Å². The Morgan fingerprint density at radius 1 is 1.14 bits per heavy atom. The van der Waals surface area contributed by atoms with Crippen LogP contribution in [0.2, 0.25) is 0 Å². The van der Waals surface area contributed by atoms with Crippen LogP contribution in [0.25, 0.3) is 0 Å². The van der Waals surface area contributed by atoms with Crippen molar-refractivity contribution >= 4 is 0 Å². The summed E-state index contributed by atoms with van der Waals surface area (Å²) in [5, 5.41) is 0. The molecule has 0 atom stereocenters. The smallest absolute Gasteiger partial charge is 0.161 e. The molecule has 0 aromatic heterocycles. The number of rotatable bonds is 7. The molecule has 1 saturated heterocycles. The fourth-order valence-electron chi connectivity index (χ4n) is 2.51. The van der Waals surface area contributed by atoms with Crippen LogP contribution in [0.3, 0.4) is 0 Å². The number of nitrogens with zero attached hydrogens (tertiary/aromatic N) is 2. The number of ether oxygens (including phenoxy) is 2. The fraction of sp³-hybridized carbons (Fsp3) is 0.625. The van der Waals surface area contributed by atoms with Gasteiger partial charge in [-0.2, -0.15) is 0 Å². The molecule has 1 heterocycles. The molecule has 0 saturated carbocycles. The van der Waals surface area contributed by atoms with E-state index in [0.29, 0.717) is 13.2 Å². The van der Waals surface area contributed by atoms with Gasteiger partial charge in [0, 0.05) is 32.7 Å².